The molecular weight excluding hydrogens is 233 g/mol. The molecule has 0 radical (unpaired) electrons. The Hall–Kier alpha value is -2.56. The largest absolute Gasteiger partial charge is 0.507 e. The topological polar surface area (TPSA) is 74.9 Å². The van der Waals surface area contributed by atoms with Crippen LogP contribution in [0.2, 0.25) is 0 Å². The van der Waals surface area contributed by atoms with E-state index < -0.39 is 5.82 Å². The Morgan fingerprint density at radius 3 is 2.78 bits per heavy atom. The number of fused-ring (bicyclic) bond motifs is 1. The number of para-hydroxylation sites is 1. The maximum absolute atomic E-state index is 13.5. The Morgan fingerprint density at radius 2 is 2.06 bits per heavy atom. The molecule has 0 unspecified atom stereocenters. The summed E-state index contributed by atoms with van der Waals surface area (Å²) in [4.78, 5) is 7.10. The van der Waals surface area contributed by atoms with Gasteiger partial charge in [0.2, 0.25) is 0 Å². The lowest BCUT2D eigenvalue weighted by atomic mass is 10.2. The van der Waals surface area contributed by atoms with Crippen LogP contribution >= 0.6 is 0 Å². The summed E-state index contributed by atoms with van der Waals surface area (Å²) in [6.45, 7) is 0. The number of phenolic OH excluding ortho intramolecular Hbond substituents is 1. The molecule has 0 bridgehead atoms. The van der Waals surface area contributed by atoms with Gasteiger partial charge in [-0.15, -0.1) is 0 Å². The third-order valence-corrected chi connectivity index (χ3v) is 2.74. The third-order valence-electron chi connectivity index (χ3n) is 2.74. The predicted octanol–water partition coefficient (Wildman–Crippen LogP) is 2.66. The van der Waals surface area contributed by atoms with Gasteiger partial charge in [0.1, 0.15) is 17.1 Å². The molecule has 1 aromatic heterocycles. The maximum Gasteiger partial charge on any atom is 0.151 e. The van der Waals surface area contributed by atoms with E-state index in [9.17, 15) is 9.50 Å². The van der Waals surface area contributed by atoms with Gasteiger partial charge in [0.25, 0.3) is 0 Å². The number of nitrogens with one attached hydrogen (secondary N) is 1. The average Bonchev–Trinajstić information content (AvgIpc) is 2.74. The Kier molecular flexibility index (Phi) is 2.19. The number of hydrogen-bond donors (Lipinski definition) is 3. The van der Waals surface area contributed by atoms with Crippen LogP contribution in [0, 0.1) is 5.82 Å². The molecule has 4 nitrogen and oxygen atoms in total. The first kappa shape index (κ1) is 10.6. The lowest BCUT2D eigenvalue weighted by Gasteiger charge is -2.01. The minimum Gasteiger partial charge on any atom is -0.507 e. The van der Waals surface area contributed by atoms with Gasteiger partial charge < -0.3 is 15.8 Å². The van der Waals surface area contributed by atoms with Crippen LogP contribution < -0.4 is 5.73 Å². The molecule has 1 heterocycles. The zero-order valence-corrected chi connectivity index (χ0v) is 9.31. The number of anilines is 1. The number of rotatable bonds is 1. The number of phenols is 1. The van der Waals surface area contributed by atoms with Crippen LogP contribution in [0.5, 0.6) is 5.75 Å². The molecule has 0 spiro atoms. The second-order valence-electron chi connectivity index (χ2n) is 4.00. The number of hydrogen-bond acceptors (Lipinski definition) is 3. The van der Waals surface area contributed by atoms with Crippen molar-refractivity contribution in [1.82, 2.24) is 9.97 Å². The van der Waals surface area contributed by atoms with Crippen LogP contribution in [0.4, 0.5) is 10.1 Å². The molecule has 0 aliphatic rings. The van der Waals surface area contributed by atoms with Gasteiger partial charge in [-0.2, -0.15) is 0 Å². The molecule has 2 aromatic carbocycles. The summed E-state index contributed by atoms with van der Waals surface area (Å²) in [5.41, 5.74) is 7.34. The fourth-order valence-corrected chi connectivity index (χ4v) is 1.87. The number of imidazole rings is 1. The van der Waals surface area contributed by atoms with E-state index in [1.54, 1.807) is 24.3 Å². The molecule has 0 aliphatic heterocycles. The fourth-order valence-electron chi connectivity index (χ4n) is 1.87. The average molecular weight is 243 g/mol. The summed E-state index contributed by atoms with van der Waals surface area (Å²) in [5.74, 6) is 0.0204. The second kappa shape index (κ2) is 3.73. The summed E-state index contributed by atoms with van der Waals surface area (Å²) in [7, 11) is 0. The zero-order chi connectivity index (χ0) is 12.7. The summed E-state index contributed by atoms with van der Waals surface area (Å²) in [6, 6.07) is 9.39. The monoisotopic (exact) mass is 243 g/mol. The molecule has 0 saturated carbocycles. The van der Waals surface area contributed by atoms with Gasteiger partial charge in [0.05, 0.1) is 11.1 Å². The molecule has 0 atom stereocenters. The molecule has 3 aromatic rings. The standard InChI is InChI=1S/C13H10FN3O/c14-9-2-1-3-10-12(9)17-13(16-10)8-5-4-7(15)6-11(8)18/h1-6,18H,15H2,(H,16,17). The number of nitrogen functional groups attached to an aromatic ring is 1. The minimum atomic E-state index is -0.398. The molecule has 0 amide bonds. The fraction of sp³-hybridized carbons (Fsp3) is 0. The van der Waals surface area contributed by atoms with Gasteiger partial charge in [-0.25, -0.2) is 9.37 Å². The highest BCUT2D eigenvalue weighted by Gasteiger charge is 2.11. The van der Waals surface area contributed by atoms with Crippen molar-refractivity contribution in [2.24, 2.45) is 0 Å². The highest BCUT2D eigenvalue weighted by molar-refractivity contribution is 5.81. The van der Waals surface area contributed by atoms with Crippen molar-refractivity contribution < 1.29 is 9.50 Å². The zero-order valence-electron chi connectivity index (χ0n) is 9.31. The number of nitrogens with two attached hydrogens (primary N) is 1. The molecular formula is C13H10FN3O. The molecule has 0 saturated heterocycles. The van der Waals surface area contributed by atoms with Crippen LogP contribution in [0.3, 0.4) is 0 Å². The smallest absolute Gasteiger partial charge is 0.151 e. The summed E-state index contributed by atoms with van der Waals surface area (Å²) >= 11 is 0. The maximum atomic E-state index is 13.5. The van der Waals surface area contributed by atoms with Crippen LogP contribution in [-0.4, -0.2) is 15.1 Å². The highest BCUT2D eigenvalue weighted by Crippen LogP contribution is 2.30. The summed E-state index contributed by atoms with van der Waals surface area (Å²) in [6.07, 6.45) is 0. The SMILES string of the molecule is Nc1ccc(-c2nc3c(F)cccc3[nH]2)c(O)c1. The van der Waals surface area contributed by atoms with E-state index in [0.29, 0.717) is 22.6 Å². The van der Waals surface area contributed by atoms with E-state index in [0.717, 1.165) is 0 Å². The van der Waals surface area contributed by atoms with Gasteiger partial charge in [-0.05, 0) is 24.3 Å². The number of aromatic hydroxyl groups is 1. The van der Waals surface area contributed by atoms with Gasteiger partial charge in [-0.3, -0.25) is 0 Å². The molecule has 0 aliphatic carbocycles. The first-order chi connectivity index (χ1) is 8.65. The number of aromatic nitrogens is 2. The second-order valence-corrected chi connectivity index (χ2v) is 4.00. The van der Waals surface area contributed by atoms with Crippen molar-refractivity contribution in [1.29, 1.82) is 0 Å². The summed E-state index contributed by atoms with van der Waals surface area (Å²) in [5, 5.41) is 9.81. The first-order valence-electron chi connectivity index (χ1n) is 5.38. The number of aromatic amines is 1. The number of benzene rings is 2. The lowest BCUT2D eigenvalue weighted by molar-refractivity contribution is 0.477. The van der Waals surface area contributed by atoms with E-state index in [4.69, 9.17) is 5.73 Å². The van der Waals surface area contributed by atoms with Gasteiger partial charge in [0, 0.05) is 11.8 Å². The summed E-state index contributed by atoms with van der Waals surface area (Å²) < 4.78 is 13.5. The van der Waals surface area contributed by atoms with E-state index in [1.807, 2.05) is 0 Å². The van der Waals surface area contributed by atoms with Gasteiger partial charge in [-0.1, -0.05) is 6.07 Å². The van der Waals surface area contributed by atoms with Crippen molar-refractivity contribution in [2.45, 2.75) is 0 Å². The Bertz CT molecular complexity index is 736. The molecule has 18 heavy (non-hydrogen) atoms. The van der Waals surface area contributed by atoms with Gasteiger partial charge >= 0.3 is 0 Å². The van der Waals surface area contributed by atoms with Crippen molar-refractivity contribution in [3.05, 3.63) is 42.2 Å². The van der Waals surface area contributed by atoms with Crippen molar-refractivity contribution in [3.63, 3.8) is 0 Å². The highest BCUT2D eigenvalue weighted by atomic mass is 19.1. The van der Waals surface area contributed by atoms with Gasteiger partial charge in [0.15, 0.2) is 5.82 Å². The van der Waals surface area contributed by atoms with Crippen LogP contribution in [0.15, 0.2) is 36.4 Å². The van der Waals surface area contributed by atoms with Crippen LogP contribution in [0.1, 0.15) is 0 Å². The van der Waals surface area contributed by atoms with Crippen molar-refractivity contribution >= 4 is 16.7 Å². The minimum absolute atomic E-state index is 0.00876. The lowest BCUT2D eigenvalue weighted by Crippen LogP contribution is -1.86. The Morgan fingerprint density at radius 1 is 1.22 bits per heavy atom. The van der Waals surface area contributed by atoms with E-state index in [2.05, 4.69) is 9.97 Å². The number of halogens is 1. The number of H-pyrrole nitrogens is 1. The Labute approximate surface area is 102 Å². The van der Waals surface area contributed by atoms with E-state index >= 15 is 0 Å². The van der Waals surface area contributed by atoms with Crippen LogP contribution in [0.25, 0.3) is 22.4 Å². The molecule has 90 valence electrons. The predicted molar refractivity (Wildman–Crippen MR) is 67.6 cm³/mol. The molecule has 3 rings (SSSR count). The van der Waals surface area contributed by atoms with Crippen LogP contribution in [-0.2, 0) is 0 Å². The third kappa shape index (κ3) is 1.57. The van der Waals surface area contributed by atoms with Crippen molar-refractivity contribution in [2.75, 3.05) is 5.73 Å². The Balaban J connectivity index is 2.23. The first-order valence-corrected chi connectivity index (χ1v) is 5.38. The van der Waals surface area contributed by atoms with Crippen molar-refractivity contribution in [3.8, 4) is 17.1 Å². The molecule has 4 N–H and O–H groups in total. The number of nitrogens with zero attached hydrogens (tertiary/aromatic N) is 1. The molecule has 0 fully saturated rings. The van der Waals surface area contributed by atoms with E-state index in [-0.39, 0.29) is 11.3 Å². The molecule has 5 heteroatoms. The quantitative estimate of drug-likeness (QED) is 0.575. The van der Waals surface area contributed by atoms with E-state index in [1.165, 1.54) is 12.1 Å². The normalized spacial score (nSPS) is 10.9.